The van der Waals surface area contributed by atoms with Gasteiger partial charge in [-0.2, -0.15) is 0 Å². The molecular weight excluding hydrogens is 442 g/mol. The third-order valence-electron chi connectivity index (χ3n) is 6.37. The van der Waals surface area contributed by atoms with Crippen LogP contribution in [0.1, 0.15) is 67.8 Å². The SMILES string of the molecule is CCCCOc1ccc(C(=O)NCC(=O)NC2CCN(C(=O)C(CC)c3ccccc3)CC2)cc1. The van der Waals surface area contributed by atoms with Crippen LogP contribution in [0, 0.1) is 0 Å². The van der Waals surface area contributed by atoms with E-state index >= 15 is 0 Å². The molecule has 7 heteroatoms. The molecule has 0 spiro atoms. The van der Waals surface area contributed by atoms with Gasteiger partial charge in [0.25, 0.3) is 5.91 Å². The molecule has 35 heavy (non-hydrogen) atoms. The van der Waals surface area contributed by atoms with Crippen LogP contribution >= 0.6 is 0 Å². The van der Waals surface area contributed by atoms with E-state index < -0.39 is 0 Å². The zero-order valence-electron chi connectivity index (χ0n) is 20.8. The Bertz CT molecular complexity index is 954. The van der Waals surface area contributed by atoms with Crippen molar-refractivity contribution in [1.82, 2.24) is 15.5 Å². The van der Waals surface area contributed by atoms with Gasteiger partial charge in [-0.25, -0.2) is 0 Å². The van der Waals surface area contributed by atoms with Crippen molar-refractivity contribution in [2.45, 2.75) is 57.9 Å². The van der Waals surface area contributed by atoms with E-state index in [1.165, 1.54) is 0 Å². The number of ether oxygens (including phenoxy) is 1. The molecule has 7 nitrogen and oxygen atoms in total. The van der Waals surface area contributed by atoms with Gasteiger partial charge in [0.2, 0.25) is 11.8 Å². The quantitative estimate of drug-likeness (QED) is 0.479. The number of carbonyl (C=O) groups is 3. The second kappa shape index (κ2) is 13.5. The van der Waals surface area contributed by atoms with E-state index in [9.17, 15) is 14.4 Å². The highest BCUT2D eigenvalue weighted by Gasteiger charge is 2.28. The number of piperidine rings is 1. The smallest absolute Gasteiger partial charge is 0.251 e. The molecular formula is C28H37N3O4. The number of likely N-dealkylation sites (tertiary alicyclic amines) is 1. The van der Waals surface area contributed by atoms with Crippen LogP contribution in [0.5, 0.6) is 5.75 Å². The molecule has 3 rings (SSSR count). The highest BCUT2D eigenvalue weighted by atomic mass is 16.5. The summed E-state index contributed by atoms with van der Waals surface area (Å²) in [4.78, 5) is 39.7. The number of hydrogen-bond acceptors (Lipinski definition) is 4. The van der Waals surface area contributed by atoms with Gasteiger partial charge in [0.15, 0.2) is 0 Å². The van der Waals surface area contributed by atoms with E-state index in [0.717, 1.165) is 30.6 Å². The lowest BCUT2D eigenvalue weighted by Crippen LogP contribution is -2.49. The van der Waals surface area contributed by atoms with Crippen LogP contribution in [0.2, 0.25) is 0 Å². The monoisotopic (exact) mass is 479 g/mol. The Kier molecular flexibility index (Phi) is 10.1. The van der Waals surface area contributed by atoms with Gasteiger partial charge in [-0.1, -0.05) is 50.6 Å². The first-order valence-corrected chi connectivity index (χ1v) is 12.7. The second-order valence-corrected chi connectivity index (χ2v) is 8.95. The van der Waals surface area contributed by atoms with Crippen molar-refractivity contribution in [3.63, 3.8) is 0 Å². The van der Waals surface area contributed by atoms with Gasteiger partial charge < -0.3 is 20.3 Å². The van der Waals surface area contributed by atoms with Crippen molar-refractivity contribution in [3.05, 3.63) is 65.7 Å². The number of benzene rings is 2. The Morgan fingerprint density at radius 2 is 1.69 bits per heavy atom. The van der Waals surface area contributed by atoms with Gasteiger partial charge in [-0.3, -0.25) is 14.4 Å². The predicted octanol–water partition coefficient (Wildman–Crippen LogP) is 3.90. The maximum absolute atomic E-state index is 13.0. The molecule has 1 atom stereocenters. The first kappa shape index (κ1) is 26.3. The second-order valence-electron chi connectivity index (χ2n) is 8.95. The first-order valence-electron chi connectivity index (χ1n) is 12.7. The minimum absolute atomic E-state index is 0.000179. The normalized spacial score (nSPS) is 14.7. The Morgan fingerprint density at radius 1 is 1.00 bits per heavy atom. The number of unbranched alkanes of at least 4 members (excludes halogenated alkanes) is 1. The van der Waals surface area contributed by atoms with Crippen LogP contribution in [-0.4, -0.2) is 54.9 Å². The molecule has 3 amide bonds. The first-order chi connectivity index (χ1) is 17.0. The van der Waals surface area contributed by atoms with Gasteiger partial charge >= 0.3 is 0 Å². The van der Waals surface area contributed by atoms with Crippen LogP contribution < -0.4 is 15.4 Å². The maximum atomic E-state index is 13.0. The van der Waals surface area contributed by atoms with Crippen molar-refractivity contribution in [2.75, 3.05) is 26.2 Å². The summed E-state index contributed by atoms with van der Waals surface area (Å²) in [5, 5.41) is 5.66. The van der Waals surface area contributed by atoms with Crippen molar-refractivity contribution in [2.24, 2.45) is 0 Å². The molecule has 0 aliphatic carbocycles. The number of amides is 3. The Balaban J connectivity index is 1.39. The average molecular weight is 480 g/mol. The van der Waals surface area contributed by atoms with Crippen molar-refractivity contribution in [1.29, 1.82) is 0 Å². The summed E-state index contributed by atoms with van der Waals surface area (Å²) >= 11 is 0. The summed E-state index contributed by atoms with van der Waals surface area (Å²) < 4.78 is 5.61. The highest BCUT2D eigenvalue weighted by molar-refractivity contribution is 5.96. The largest absolute Gasteiger partial charge is 0.494 e. The van der Waals surface area contributed by atoms with Crippen LogP contribution in [-0.2, 0) is 9.59 Å². The lowest BCUT2D eigenvalue weighted by molar-refractivity contribution is -0.134. The number of hydrogen-bond donors (Lipinski definition) is 2. The lowest BCUT2D eigenvalue weighted by Gasteiger charge is -2.34. The topological polar surface area (TPSA) is 87.7 Å². The fraction of sp³-hybridized carbons (Fsp3) is 0.464. The summed E-state index contributed by atoms with van der Waals surface area (Å²) in [6, 6.07) is 16.8. The lowest BCUT2D eigenvalue weighted by atomic mass is 9.93. The Hall–Kier alpha value is -3.35. The number of carbonyl (C=O) groups excluding carboxylic acids is 3. The van der Waals surface area contributed by atoms with E-state index in [1.807, 2.05) is 42.2 Å². The predicted molar refractivity (Wildman–Crippen MR) is 136 cm³/mol. The zero-order chi connectivity index (χ0) is 25.0. The van der Waals surface area contributed by atoms with E-state index in [4.69, 9.17) is 4.74 Å². The molecule has 0 saturated carbocycles. The van der Waals surface area contributed by atoms with Gasteiger partial charge in [0.1, 0.15) is 5.75 Å². The molecule has 2 aromatic rings. The number of nitrogens with zero attached hydrogens (tertiary/aromatic N) is 1. The van der Waals surface area contributed by atoms with E-state index in [0.29, 0.717) is 38.1 Å². The molecule has 0 aromatic heterocycles. The van der Waals surface area contributed by atoms with E-state index in [2.05, 4.69) is 17.6 Å². The molecule has 1 saturated heterocycles. The average Bonchev–Trinajstić information content (AvgIpc) is 2.89. The van der Waals surface area contributed by atoms with Gasteiger partial charge in [0.05, 0.1) is 19.1 Å². The third-order valence-corrected chi connectivity index (χ3v) is 6.37. The third kappa shape index (κ3) is 7.84. The molecule has 2 N–H and O–H groups in total. The maximum Gasteiger partial charge on any atom is 0.251 e. The van der Waals surface area contributed by atoms with Crippen molar-refractivity contribution < 1.29 is 19.1 Å². The van der Waals surface area contributed by atoms with E-state index in [-0.39, 0.29) is 36.2 Å². The number of rotatable bonds is 11. The highest BCUT2D eigenvalue weighted by Crippen LogP contribution is 2.24. The molecule has 1 aliphatic rings. The molecule has 2 aromatic carbocycles. The van der Waals surface area contributed by atoms with Crippen LogP contribution in [0.3, 0.4) is 0 Å². The molecule has 1 unspecified atom stereocenters. The summed E-state index contributed by atoms with van der Waals surface area (Å²) in [5.74, 6) is 0.226. The Labute approximate surface area is 208 Å². The van der Waals surface area contributed by atoms with Gasteiger partial charge in [-0.05, 0) is 55.5 Å². The molecule has 0 bridgehead atoms. The minimum Gasteiger partial charge on any atom is -0.494 e. The van der Waals surface area contributed by atoms with Crippen molar-refractivity contribution in [3.8, 4) is 5.75 Å². The van der Waals surface area contributed by atoms with Crippen LogP contribution in [0.15, 0.2) is 54.6 Å². The van der Waals surface area contributed by atoms with Gasteiger partial charge in [-0.15, -0.1) is 0 Å². The fourth-order valence-corrected chi connectivity index (χ4v) is 4.28. The Morgan fingerprint density at radius 3 is 2.31 bits per heavy atom. The van der Waals surface area contributed by atoms with Crippen LogP contribution in [0.4, 0.5) is 0 Å². The minimum atomic E-state index is -0.299. The summed E-state index contributed by atoms with van der Waals surface area (Å²) in [7, 11) is 0. The fourth-order valence-electron chi connectivity index (χ4n) is 4.28. The van der Waals surface area contributed by atoms with E-state index in [1.54, 1.807) is 24.3 Å². The zero-order valence-corrected chi connectivity index (χ0v) is 20.8. The standard InChI is InChI=1S/C28H37N3O4/c1-3-5-19-35-24-13-11-22(12-14-24)27(33)29-20-26(32)30-23-15-17-31(18-16-23)28(34)25(4-2)21-9-7-6-8-10-21/h6-14,23,25H,3-5,15-20H2,1-2H3,(H,29,33)(H,30,32). The molecule has 1 fully saturated rings. The molecule has 0 radical (unpaired) electrons. The molecule has 188 valence electrons. The van der Waals surface area contributed by atoms with Crippen molar-refractivity contribution >= 4 is 17.7 Å². The summed E-state index contributed by atoms with van der Waals surface area (Å²) in [6.07, 6.45) is 4.22. The molecule has 1 aliphatic heterocycles. The summed E-state index contributed by atoms with van der Waals surface area (Å²) in [5.41, 5.74) is 1.53. The number of nitrogens with one attached hydrogen (secondary N) is 2. The van der Waals surface area contributed by atoms with Crippen LogP contribution in [0.25, 0.3) is 0 Å². The molecule has 1 heterocycles. The van der Waals surface area contributed by atoms with Gasteiger partial charge in [0, 0.05) is 24.7 Å². The summed E-state index contributed by atoms with van der Waals surface area (Å²) in [6.45, 7) is 5.94.